The number of carbonyl (C=O) groups is 3. The van der Waals surface area contributed by atoms with Crippen molar-refractivity contribution in [2.24, 2.45) is 5.10 Å². The molecule has 1 fully saturated rings. The minimum absolute atomic E-state index is 0.0293. The lowest BCUT2D eigenvalue weighted by Gasteiger charge is -2.24. The molecule has 2 aliphatic rings. The molecule has 0 unspecified atom stereocenters. The Labute approximate surface area is 98.2 Å². The first-order chi connectivity index (χ1) is 8.16. The largest absolute Gasteiger partial charge is 0.356 e. The highest BCUT2D eigenvalue weighted by Gasteiger charge is 2.26. The van der Waals surface area contributed by atoms with Gasteiger partial charge in [0.15, 0.2) is 0 Å². The fourth-order valence-electron chi connectivity index (χ4n) is 1.80. The summed E-state index contributed by atoms with van der Waals surface area (Å²) in [5.41, 5.74) is 2.48. The number of hydrogen-bond acceptors (Lipinski definition) is 4. The molecule has 0 aliphatic carbocycles. The maximum atomic E-state index is 12.0. The van der Waals surface area contributed by atoms with Gasteiger partial charge in [0, 0.05) is 26.1 Å². The van der Waals surface area contributed by atoms with Gasteiger partial charge in [0.1, 0.15) is 5.71 Å². The van der Waals surface area contributed by atoms with Crippen LogP contribution in [-0.2, 0) is 14.4 Å². The van der Waals surface area contributed by atoms with Crippen LogP contribution in [0.3, 0.4) is 0 Å². The normalized spacial score (nSPS) is 21.2. The minimum atomic E-state index is -0.266. The van der Waals surface area contributed by atoms with Crippen LogP contribution in [0.4, 0.5) is 0 Å². The molecule has 2 N–H and O–H groups in total. The second-order valence-corrected chi connectivity index (χ2v) is 4.02. The van der Waals surface area contributed by atoms with Gasteiger partial charge in [0.05, 0.1) is 6.42 Å². The zero-order chi connectivity index (χ0) is 12.3. The number of hydrazone groups is 1. The Bertz CT molecular complexity index is 391. The molecular formula is C10H14N4O3. The topological polar surface area (TPSA) is 90.9 Å². The number of amides is 3. The summed E-state index contributed by atoms with van der Waals surface area (Å²) in [7, 11) is 0. The van der Waals surface area contributed by atoms with Crippen LogP contribution in [0.25, 0.3) is 0 Å². The fraction of sp³-hybridized carbons (Fsp3) is 0.600. The first kappa shape index (κ1) is 11.6. The molecule has 1 saturated heterocycles. The van der Waals surface area contributed by atoms with Crippen molar-refractivity contribution < 1.29 is 14.4 Å². The molecule has 0 spiro atoms. The van der Waals surface area contributed by atoms with Gasteiger partial charge in [-0.05, 0) is 6.42 Å². The van der Waals surface area contributed by atoms with E-state index in [4.69, 9.17) is 0 Å². The molecule has 0 aromatic carbocycles. The van der Waals surface area contributed by atoms with Crippen molar-refractivity contribution in [3.63, 3.8) is 0 Å². The van der Waals surface area contributed by atoms with Crippen molar-refractivity contribution in [1.82, 2.24) is 15.6 Å². The maximum Gasteiger partial charge on any atom is 0.270 e. The van der Waals surface area contributed by atoms with E-state index in [2.05, 4.69) is 15.8 Å². The third-order valence-corrected chi connectivity index (χ3v) is 2.71. The van der Waals surface area contributed by atoms with Gasteiger partial charge in [-0.2, -0.15) is 5.10 Å². The van der Waals surface area contributed by atoms with Crippen molar-refractivity contribution in [2.75, 3.05) is 19.6 Å². The number of hydrogen-bond donors (Lipinski definition) is 2. The van der Waals surface area contributed by atoms with Crippen LogP contribution >= 0.6 is 0 Å². The molecule has 92 valence electrons. The third kappa shape index (κ3) is 2.80. The highest BCUT2D eigenvalue weighted by molar-refractivity contribution is 6.43. The summed E-state index contributed by atoms with van der Waals surface area (Å²) in [6.45, 7) is 1.52. The molecule has 3 amide bonds. The maximum absolute atomic E-state index is 12.0. The lowest BCUT2D eigenvalue weighted by Crippen LogP contribution is -2.42. The molecule has 0 saturated carbocycles. The average molecular weight is 238 g/mol. The molecular weight excluding hydrogens is 224 g/mol. The monoisotopic (exact) mass is 238 g/mol. The molecule has 0 radical (unpaired) electrons. The van der Waals surface area contributed by atoms with Crippen molar-refractivity contribution >= 4 is 23.4 Å². The molecule has 0 aromatic heterocycles. The van der Waals surface area contributed by atoms with Gasteiger partial charge in [0.2, 0.25) is 11.8 Å². The van der Waals surface area contributed by atoms with E-state index in [1.165, 1.54) is 0 Å². The molecule has 7 nitrogen and oxygen atoms in total. The third-order valence-electron chi connectivity index (χ3n) is 2.71. The van der Waals surface area contributed by atoms with E-state index >= 15 is 0 Å². The summed E-state index contributed by atoms with van der Waals surface area (Å²) < 4.78 is 0. The predicted molar refractivity (Wildman–Crippen MR) is 59.0 cm³/mol. The molecule has 0 aromatic rings. The first-order valence-electron chi connectivity index (χ1n) is 5.58. The smallest absolute Gasteiger partial charge is 0.270 e. The van der Waals surface area contributed by atoms with E-state index < -0.39 is 0 Å². The van der Waals surface area contributed by atoms with Crippen LogP contribution in [-0.4, -0.2) is 48.0 Å². The van der Waals surface area contributed by atoms with Gasteiger partial charge in [-0.3, -0.25) is 14.4 Å². The molecule has 2 rings (SSSR count). The summed E-state index contributed by atoms with van der Waals surface area (Å²) in [6.07, 6.45) is 1.04. The number of rotatable bonds is 1. The van der Waals surface area contributed by atoms with Crippen LogP contribution in [0.5, 0.6) is 0 Å². The summed E-state index contributed by atoms with van der Waals surface area (Å²) >= 11 is 0. The lowest BCUT2D eigenvalue weighted by atomic mass is 10.2. The number of nitrogens with zero attached hydrogens (tertiary/aromatic N) is 2. The number of nitrogens with one attached hydrogen (secondary N) is 2. The average Bonchev–Trinajstić information content (AvgIpc) is 2.70. The molecule has 7 heteroatoms. The summed E-state index contributed by atoms with van der Waals surface area (Å²) in [5.74, 6) is -0.568. The van der Waals surface area contributed by atoms with E-state index in [0.717, 1.165) is 0 Å². The summed E-state index contributed by atoms with van der Waals surface area (Å²) in [5, 5.41) is 6.44. The Morgan fingerprint density at radius 1 is 1.24 bits per heavy atom. The summed E-state index contributed by atoms with van der Waals surface area (Å²) in [6, 6.07) is 0. The van der Waals surface area contributed by atoms with Crippen molar-refractivity contribution in [3.05, 3.63) is 0 Å². The van der Waals surface area contributed by atoms with Crippen LogP contribution in [0.15, 0.2) is 5.10 Å². The lowest BCUT2D eigenvalue weighted by molar-refractivity contribution is -0.127. The van der Waals surface area contributed by atoms with Crippen LogP contribution in [0.2, 0.25) is 0 Å². The zero-order valence-electron chi connectivity index (χ0n) is 9.36. The van der Waals surface area contributed by atoms with E-state index in [0.29, 0.717) is 32.5 Å². The Hall–Kier alpha value is -1.92. The highest BCUT2D eigenvalue weighted by Crippen LogP contribution is 2.05. The van der Waals surface area contributed by atoms with Crippen molar-refractivity contribution in [3.8, 4) is 0 Å². The van der Waals surface area contributed by atoms with Crippen LogP contribution < -0.4 is 10.7 Å². The van der Waals surface area contributed by atoms with E-state index in [1.54, 1.807) is 4.90 Å². The predicted octanol–water partition coefficient (Wildman–Crippen LogP) is -1.40. The van der Waals surface area contributed by atoms with Gasteiger partial charge >= 0.3 is 0 Å². The van der Waals surface area contributed by atoms with Crippen LogP contribution in [0, 0.1) is 0 Å². The standard InChI is InChI=1S/C10H14N4O3/c15-8-2-5-14(4-1-3-11-8)10(17)7-6-9(16)13-12-7/h1-6H2,(H,11,15)(H,13,16). The highest BCUT2D eigenvalue weighted by atomic mass is 16.2. The zero-order valence-corrected chi connectivity index (χ0v) is 9.36. The van der Waals surface area contributed by atoms with E-state index in [-0.39, 0.29) is 29.9 Å². The Morgan fingerprint density at radius 3 is 2.76 bits per heavy atom. The van der Waals surface area contributed by atoms with Crippen molar-refractivity contribution in [2.45, 2.75) is 19.3 Å². The van der Waals surface area contributed by atoms with Crippen LogP contribution in [0.1, 0.15) is 19.3 Å². The molecule has 2 heterocycles. The summed E-state index contributed by atoms with van der Waals surface area (Å²) in [4.78, 5) is 35.8. The van der Waals surface area contributed by atoms with Gasteiger partial charge in [-0.1, -0.05) is 0 Å². The van der Waals surface area contributed by atoms with Crippen molar-refractivity contribution in [1.29, 1.82) is 0 Å². The first-order valence-corrected chi connectivity index (χ1v) is 5.58. The van der Waals surface area contributed by atoms with Gasteiger partial charge < -0.3 is 10.2 Å². The SMILES string of the molecule is O=C1CCN(C(=O)C2=NNC(=O)C2)CCCN1. The molecule has 2 aliphatic heterocycles. The Balaban J connectivity index is 1.97. The molecule has 0 atom stereocenters. The second kappa shape index (κ2) is 4.94. The number of carbonyl (C=O) groups excluding carboxylic acids is 3. The second-order valence-electron chi connectivity index (χ2n) is 4.02. The quantitative estimate of drug-likeness (QED) is 0.588. The molecule has 0 bridgehead atoms. The minimum Gasteiger partial charge on any atom is -0.356 e. The van der Waals surface area contributed by atoms with Gasteiger partial charge in [-0.25, -0.2) is 5.43 Å². The molecule has 17 heavy (non-hydrogen) atoms. The van der Waals surface area contributed by atoms with E-state index in [9.17, 15) is 14.4 Å². The van der Waals surface area contributed by atoms with Gasteiger partial charge in [-0.15, -0.1) is 0 Å². The Morgan fingerprint density at radius 2 is 2.06 bits per heavy atom. The van der Waals surface area contributed by atoms with E-state index in [1.807, 2.05) is 0 Å². The Kier molecular flexibility index (Phi) is 3.36. The fourth-order valence-corrected chi connectivity index (χ4v) is 1.80. The van der Waals surface area contributed by atoms with Gasteiger partial charge in [0.25, 0.3) is 5.91 Å².